The second kappa shape index (κ2) is 5.13. The maximum atomic E-state index is 12.1. The van der Waals surface area contributed by atoms with Crippen LogP contribution in [-0.4, -0.2) is 29.7 Å². The normalized spacial score (nSPS) is 11.9. The van der Waals surface area contributed by atoms with Gasteiger partial charge < -0.3 is 5.43 Å². The first kappa shape index (κ1) is 12.7. The lowest BCUT2D eigenvalue weighted by Crippen LogP contribution is -2.30. The average molecular weight is 234 g/mol. The molecule has 0 aromatic carbocycles. The van der Waals surface area contributed by atoms with Gasteiger partial charge in [-0.05, 0) is 24.7 Å². The van der Waals surface area contributed by atoms with Gasteiger partial charge in [-0.2, -0.15) is 13.2 Å². The second-order valence-electron chi connectivity index (χ2n) is 3.48. The molecule has 1 aromatic rings. The number of hydrazine groups is 1. The van der Waals surface area contributed by atoms with Gasteiger partial charge in [-0.1, -0.05) is 0 Å². The summed E-state index contributed by atoms with van der Waals surface area (Å²) in [6.45, 7) is -0.753. The Balaban J connectivity index is 2.59. The molecule has 0 atom stereocenters. The first-order valence-corrected chi connectivity index (χ1v) is 4.57. The van der Waals surface area contributed by atoms with Crippen molar-refractivity contribution >= 4 is 5.82 Å². The van der Waals surface area contributed by atoms with Crippen molar-refractivity contribution in [3.05, 3.63) is 23.9 Å². The topological polar surface area (TPSA) is 54.2 Å². The zero-order chi connectivity index (χ0) is 12.2. The predicted octanol–water partition coefficient (Wildman–Crippen LogP) is 1.36. The molecule has 16 heavy (non-hydrogen) atoms. The molecule has 0 aliphatic rings. The number of nitrogens with one attached hydrogen (secondary N) is 1. The smallest absolute Gasteiger partial charge is 0.308 e. The van der Waals surface area contributed by atoms with Crippen LogP contribution in [0, 0.1) is 0 Å². The van der Waals surface area contributed by atoms with Crippen LogP contribution in [0.5, 0.6) is 0 Å². The van der Waals surface area contributed by atoms with Crippen molar-refractivity contribution in [2.24, 2.45) is 5.84 Å². The molecule has 1 aromatic heterocycles. The van der Waals surface area contributed by atoms with Crippen molar-refractivity contribution < 1.29 is 13.2 Å². The molecule has 3 N–H and O–H groups in total. The Kier molecular flexibility index (Phi) is 4.08. The lowest BCUT2D eigenvalue weighted by molar-refractivity contribution is -0.144. The largest absolute Gasteiger partial charge is 0.401 e. The van der Waals surface area contributed by atoms with Crippen molar-refractivity contribution in [1.82, 2.24) is 9.88 Å². The second-order valence-corrected chi connectivity index (χ2v) is 3.48. The number of anilines is 1. The third-order valence-corrected chi connectivity index (χ3v) is 1.87. The van der Waals surface area contributed by atoms with E-state index in [2.05, 4.69) is 10.4 Å². The summed E-state index contributed by atoms with van der Waals surface area (Å²) in [5, 5.41) is 0. The number of aromatic nitrogens is 1. The van der Waals surface area contributed by atoms with E-state index in [1.807, 2.05) is 0 Å². The van der Waals surface area contributed by atoms with Crippen molar-refractivity contribution in [3.8, 4) is 0 Å². The van der Waals surface area contributed by atoms with Crippen LogP contribution >= 0.6 is 0 Å². The van der Waals surface area contributed by atoms with Gasteiger partial charge in [-0.15, -0.1) is 0 Å². The van der Waals surface area contributed by atoms with Crippen LogP contribution in [0.3, 0.4) is 0 Å². The van der Waals surface area contributed by atoms with E-state index in [0.717, 1.165) is 5.56 Å². The number of rotatable bonds is 4. The van der Waals surface area contributed by atoms with E-state index in [0.29, 0.717) is 5.82 Å². The minimum Gasteiger partial charge on any atom is -0.308 e. The highest BCUT2D eigenvalue weighted by atomic mass is 19.4. The van der Waals surface area contributed by atoms with Crippen LogP contribution in [-0.2, 0) is 6.54 Å². The number of alkyl halides is 3. The Morgan fingerprint density at radius 2 is 2.19 bits per heavy atom. The molecule has 4 nitrogen and oxygen atoms in total. The Hall–Kier alpha value is -1.34. The lowest BCUT2D eigenvalue weighted by atomic mass is 10.2. The molecule has 0 saturated carbocycles. The molecule has 0 amide bonds. The van der Waals surface area contributed by atoms with E-state index in [9.17, 15) is 13.2 Å². The van der Waals surface area contributed by atoms with Crippen molar-refractivity contribution in [2.45, 2.75) is 12.7 Å². The van der Waals surface area contributed by atoms with Crippen LogP contribution in [0.1, 0.15) is 5.56 Å². The third-order valence-electron chi connectivity index (χ3n) is 1.87. The molecule has 0 bridgehead atoms. The van der Waals surface area contributed by atoms with E-state index >= 15 is 0 Å². The summed E-state index contributed by atoms with van der Waals surface area (Å²) in [6.07, 6.45) is -2.69. The molecular formula is C9H13F3N4. The Bertz CT molecular complexity index is 340. The highest BCUT2D eigenvalue weighted by molar-refractivity contribution is 5.35. The summed E-state index contributed by atoms with van der Waals surface area (Å²) in [5.41, 5.74) is 3.05. The van der Waals surface area contributed by atoms with Crippen molar-refractivity contribution in [2.75, 3.05) is 19.0 Å². The van der Waals surface area contributed by atoms with Crippen molar-refractivity contribution in [3.63, 3.8) is 0 Å². The van der Waals surface area contributed by atoms with Gasteiger partial charge in [-0.3, -0.25) is 4.90 Å². The molecule has 1 heterocycles. The quantitative estimate of drug-likeness (QED) is 0.610. The zero-order valence-corrected chi connectivity index (χ0v) is 8.75. The number of nitrogen functional groups attached to an aromatic ring is 1. The van der Waals surface area contributed by atoms with Gasteiger partial charge in [0.15, 0.2) is 0 Å². The maximum absolute atomic E-state index is 12.1. The van der Waals surface area contributed by atoms with Crippen LogP contribution in [0.15, 0.2) is 18.3 Å². The van der Waals surface area contributed by atoms with Crippen LogP contribution in [0.4, 0.5) is 19.0 Å². The molecule has 0 aliphatic heterocycles. The Morgan fingerprint density at radius 3 is 2.75 bits per heavy atom. The van der Waals surface area contributed by atoms with Gasteiger partial charge in [0.05, 0.1) is 6.54 Å². The molecule has 0 unspecified atom stereocenters. The first-order valence-electron chi connectivity index (χ1n) is 4.57. The minimum absolute atomic E-state index is 0.191. The summed E-state index contributed by atoms with van der Waals surface area (Å²) in [5.74, 6) is 5.57. The molecule has 7 heteroatoms. The fourth-order valence-electron chi connectivity index (χ4n) is 1.33. The van der Waals surface area contributed by atoms with E-state index < -0.39 is 12.7 Å². The molecule has 90 valence electrons. The molecule has 1 rings (SSSR count). The van der Waals surface area contributed by atoms with Gasteiger partial charge in [0.25, 0.3) is 0 Å². The summed E-state index contributed by atoms with van der Waals surface area (Å²) in [6, 6.07) is 3.25. The first-order chi connectivity index (χ1) is 7.40. The van der Waals surface area contributed by atoms with Gasteiger partial charge in [0.1, 0.15) is 5.82 Å². The highest BCUT2D eigenvalue weighted by Gasteiger charge is 2.28. The summed E-state index contributed by atoms with van der Waals surface area (Å²) < 4.78 is 36.2. The number of halogens is 3. The highest BCUT2D eigenvalue weighted by Crippen LogP contribution is 2.17. The van der Waals surface area contributed by atoms with E-state index in [1.54, 1.807) is 12.1 Å². The number of hydrogen-bond donors (Lipinski definition) is 2. The molecule has 0 spiro atoms. The molecular weight excluding hydrogens is 221 g/mol. The van der Waals surface area contributed by atoms with E-state index in [1.165, 1.54) is 18.1 Å². The Labute approximate surface area is 91.2 Å². The number of nitrogens with two attached hydrogens (primary N) is 1. The average Bonchev–Trinajstić information content (AvgIpc) is 2.15. The van der Waals surface area contributed by atoms with E-state index in [-0.39, 0.29) is 6.54 Å². The fraction of sp³-hybridized carbons (Fsp3) is 0.444. The third kappa shape index (κ3) is 4.45. The maximum Gasteiger partial charge on any atom is 0.401 e. The monoisotopic (exact) mass is 234 g/mol. The molecule has 0 aliphatic carbocycles. The van der Waals surface area contributed by atoms with Crippen LogP contribution in [0.2, 0.25) is 0 Å². The van der Waals surface area contributed by atoms with Crippen LogP contribution < -0.4 is 11.3 Å². The van der Waals surface area contributed by atoms with Gasteiger partial charge >= 0.3 is 6.18 Å². The zero-order valence-electron chi connectivity index (χ0n) is 8.75. The van der Waals surface area contributed by atoms with Gasteiger partial charge in [0.2, 0.25) is 0 Å². The fourth-order valence-corrected chi connectivity index (χ4v) is 1.33. The SMILES string of the molecule is CN(Cc1ccnc(NN)c1)CC(F)(F)F. The van der Waals surface area contributed by atoms with E-state index in [4.69, 9.17) is 5.84 Å². The van der Waals surface area contributed by atoms with Crippen LogP contribution in [0.25, 0.3) is 0 Å². The standard InChI is InChI=1S/C9H13F3N4/c1-16(6-9(10,11)12)5-7-2-3-14-8(4-7)15-13/h2-4H,5-6,13H2,1H3,(H,14,15). The summed E-state index contributed by atoms with van der Waals surface area (Å²) >= 11 is 0. The summed E-state index contributed by atoms with van der Waals surface area (Å²) in [7, 11) is 1.41. The number of hydrogen-bond acceptors (Lipinski definition) is 4. The molecule has 0 radical (unpaired) electrons. The summed E-state index contributed by atoms with van der Waals surface area (Å²) in [4.78, 5) is 5.04. The Morgan fingerprint density at radius 1 is 1.50 bits per heavy atom. The molecule has 0 fully saturated rings. The van der Waals surface area contributed by atoms with Crippen molar-refractivity contribution in [1.29, 1.82) is 0 Å². The predicted molar refractivity (Wildman–Crippen MR) is 54.4 cm³/mol. The minimum atomic E-state index is -4.18. The lowest BCUT2D eigenvalue weighted by Gasteiger charge is -2.18. The van der Waals surface area contributed by atoms with Gasteiger partial charge in [0, 0.05) is 12.7 Å². The molecule has 0 saturated heterocycles. The van der Waals surface area contributed by atoms with Gasteiger partial charge in [-0.25, -0.2) is 10.8 Å². The number of nitrogens with zero attached hydrogens (tertiary/aromatic N) is 2. The number of pyridine rings is 1.